The molecule has 2 aliphatic rings. The Kier molecular flexibility index (Phi) is 7.92. The van der Waals surface area contributed by atoms with Crippen LogP contribution < -0.4 is 9.47 Å². The highest BCUT2D eigenvalue weighted by Gasteiger charge is 2.37. The summed E-state index contributed by atoms with van der Waals surface area (Å²) >= 11 is 0. The van der Waals surface area contributed by atoms with Crippen molar-refractivity contribution in [3.63, 3.8) is 0 Å². The summed E-state index contributed by atoms with van der Waals surface area (Å²) in [6, 6.07) is 21.1. The average molecular weight is 535 g/mol. The Morgan fingerprint density at radius 3 is 2.46 bits per heavy atom. The fraction of sp³-hybridized carbons (Fsp3) is 0.424. The molecule has 5 rings (SSSR count). The van der Waals surface area contributed by atoms with Gasteiger partial charge in [-0.25, -0.2) is 0 Å². The minimum absolute atomic E-state index is 0.0198. The Morgan fingerprint density at radius 2 is 1.77 bits per heavy atom. The van der Waals surface area contributed by atoms with E-state index < -0.39 is 12.6 Å². The van der Waals surface area contributed by atoms with Gasteiger partial charge >= 0.3 is 12.6 Å². The monoisotopic (exact) mass is 534 g/mol. The fourth-order valence-electron chi connectivity index (χ4n) is 6.24. The molecule has 206 valence electrons. The second-order valence-electron chi connectivity index (χ2n) is 11.7. The number of alkyl halides is 2. The number of hydrogen-bond acceptors (Lipinski definition) is 3. The van der Waals surface area contributed by atoms with Crippen LogP contribution in [0.3, 0.4) is 0 Å². The summed E-state index contributed by atoms with van der Waals surface area (Å²) in [7, 11) is 0. The Labute approximate surface area is 229 Å². The molecule has 0 spiro atoms. The second kappa shape index (κ2) is 11.4. The molecule has 3 aromatic carbocycles. The van der Waals surface area contributed by atoms with Crippen molar-refractivity contribution in [3.05, 3.63) is 83.4 Å². The highest BCUT2D eigenvalue weighted by atomic mass is 19.3. The minimum atomic E-state index is -2.87. The lowest BCUT2D eigenvalue weighted by Gasteiger charge is -2.30. The van der Waals surface area contributed by atoms with Gasteiger partial charge in [0.25, 0.3) is 0 Å². The summed E-state index contributed by atoms with van der Waals surface area (Å²) in [4.78, 5) is 11.4. The Hall–Kier alpha value is -3.41. The number of benzene rings is 3. The van der Waals surface area contributed by atoms with Gasteiger partial charge in [0.1, 0.15) is 18.1 Å². The van der Waals surface area contributed by atoms with E-state index in [1.54, 1.807) is 18.2 Å². The maximum atomic E-state index is 12.9. The van der Waals surface area contributed by atoms with Crippen molar-refractivity contribution in [2.75, 3.05) is 0 Å². The van der Waals surface area contributed by atoms with Crippen LogP contribution in [0.2, 0.25) is 0 Å². The van der Waals surface area contributed by atoms with Crippen LogP contribution in [0.4, 0.5) is 8.78 Å². The van der Waals surface area contributed by atoms with Crippen LogP contribution >= 0.6 is 0 Å². The smallest absolute Gasteiger partial charge is 0.387 e. The minimum Gasteiger partial charge on any atom is -0.489 e. The van der Waals surface area contributed by atoms with Crippen LogP contribution in [0.5, 0.6) is 11.5 Å². The Bertz CT molecular complexity index is 1310. The van der Waals surface area contributed by atoms with Gasteiger partial charge in [-0.05, 0) is 101 Å². The van der Waals surface area contributed by atoms with Gasteiger partial charge in [-0.15, -0.1) is 0 Å². The normalized spacial score (nSPS) is 19.2. The molecular formula is C33H36F2O4. The summed E-state index contributed by atoms with van der Waals surface area (Å²) in [6.45, 7) is 2.11. The van der Waals surface area contributed by atoms with Gasteiger partial charge in [0.2, 0.25) is 0 Å². The lowest BCUT2D eigenvalue weighted by atomic mass is 9.75. The third-order valence-corrected chi connectivity index (χ3v) is 8.40. The van der Waals surface area contributed by atoms with Crippen molar-refractivity contribution in [2.24, 2.45) is 11.3 Å². The number of ether oxygens (including phenoxy) is 2. The number of hydrogen-bond donors (Lipinski definition) is 1. The lowest BCUT2D eigenvalue weighted by Crippen LogP contribution is -2.16. The van der Waals surface area contributed by atoms with Crippen molar-refractivity contribution in [3.8, 4) is 22.6 Å². The van der Waals surface area contributed by atoms with Gasteiger partial charge in [-0.2, -0.15) is 8.78 Å². The molecule has 0 radical (unpaired) electrons. The first-order valence-corrected chi connectivity index (χ1v) is 13.8. The summed E-state index contributed by atoms with van der Waals surface area (Å²) in [5, 5.41) is 9.38. The van der Waals surface area contributed by atoms with E-state index in [0.29, 0.717) is 18.4 Å². The van der Waals surface area contributed by atoms with Crippen molar-refractivity contribution < 1.29 is 28.2 Å². The van der Waals surface area contributed by atoms with E-state index in [4.69, 9.17) is 4.74 Å². The van der Waals surface area contributed by atoms with Gasteiger partial charge in [0.05, 0.1) is 6.42 Å². The van der Waals surface area contributed by atoms with Gasteiger partial charge in [-0.1, -0.05) is 62.7 Å². The summed E-state index contributed by atoms with van der Waals surface area (Å²) < 4.78 is 36.6. The number of carboxylic acid groups (broad SMARTS) is 1. The average Bonchev–Trinajstić information content (AvgIpc) is 3.67. The van der Waals surface area contributed by atoms with Gasteiger partial charge < -0.3 is 14.6 Å². The molecule has 39 heavy (non-hydrogen) atoms. The topological polar surface area (TPSA) is 55.8 Å². The van der Waals surface area contributed by atoms with Crippen molar-refractivity contribution >= 4 is 5.97 Å². The molecule has 0 saturated heterocycles. The predicted octanol–water partition coefficient (Wildman–Crippen LogP) is 8.80. The molecule has 4 nitrogen and oxygen atoms in total. The summed E-state index contributed by atoms with van der Waals surface area (Å²) in [5.41, 5.74) is 5.27. The molecule has 0 aliphatic heterocycles. The van der Waals surface area contributed by atoms with E-state index in [9.17, 15) is 18.7 Å². The van der Waals surface area contributed by atoms with E-state index in [2.05, 4.69) is 30.7 Å². The standard InChI is InChI=1S/C33H36F2O4/c1-33(2)15-5-10-30(33)29-16-21(11-14-27(29)23-6-4-9-26(18-23)39-32(34)35)20-38-25-8-3-7-24(17-25)28(19-31(36)37)22-12-13-22/h3-4,6-9,11,14,16-18,22,28,30,32H,5,10,12-13,15,19-20H2,1-2H3,(H,36,37)/t28?,30-/m0/s1. The molecule has 1 N–H and O–H groups in total. The van der Waals surface area contributed by atoms with Gasteiger partial charge in [0, 0.05) is 0 Å². The first-order valence-electron chi connectivity index (χ1n) is 13.8. The molecule has 0 heterocycles. The molecule has 2 saturated carbocycles. The molecule has 0 aromatic heterocycles. The molecule has 2 aliphatic carbocycles. The van der Waals surface area contributed by atoms with E-state index in [1.165, 1.54) is 5.56 Å². The van der Waals surface area contributed by atoms with Crippen molar-refractivity contribution in [2.45, 2.75) is 77.4 Å². The Balaban J connectivity index is 1.41. The van der Waals surface area contributed by atoms with Crippen LogP contribution in [0, 0.1) is 11.3 Å². The maximum absolute atomic E-state index is 12.9. The zero-order valence-corrected chi connectivity index (χ0v) is 22.5. The molecule has 1 unspecified atom stereocenters. The first kappa shape index (κ1) is 27.2. The van der Waals surface area contributed by atoms with E-state index >= 15 is 0 Å². The molecule has 2 atom stereocenters. The summed E-state index contributed by atoms with van der Waals surface area (Å²) in [6.07, 6.45) is 5.65. The molecule has 2 fully saturated rings. The van der Waals surface area contributed by atoms with Crippen LogP contribution in [0.25, 0.3) is 11.1 Å². The fourth-order valence-corrected chi connectivity index (χ4v) is 6.24. The van der Waals surface area contributed by atoms with E-state index in [-0.39, 0.29) is 23.5 Å². The quantitative estimate of drug-likeness (QED) is 0.267. The molecule has 0 bridgehead atoms. The second-order valence-corrected chi connectivity index (χ2v) is 11.7. The first-order chi connectivity index (χ1) is 18.7. The number of carboxylic acids is 1. The number of halogens is 2. The van der Waals surface area contributed by atoms with E-state index in [1.807, 2.05) is 36.4 Å². The number of rotatable bonds is 11. The molecular weight excluding hydrogens is 498 g/mol. The van der Waals surface area contributed by atoms with Gasteiger partial charge in [0.15, 0.2) is 0 Å². The third kappa shape index (κ3) is 6.60. The van der Waals surface area contributed by atoms with Crippen LogP contribution in [0.1, 0.15) is 80.9 Å². The SMILES string of the molecule is CC1(C)CCC[C@H]1c1cc(COc2cccc(C(CC(=O)O)C3CC3)c2)ccc1-c1cccc(OC(F)F)c1. The maximum Gasteiger partial charge on any atom is 0.387 e. The predicted molar refractivity (Wildman–Crippen MR) is 147 cm³/mol. The van der Waals surface area contributed by atoms with Crippen LogP contribution in [0.15, 0.2) is 66.7 Å². The molecule has 0 amide bonds. The zero-order valence-electron chi connectivity index (χ0n) is 22.5. The zero-order chi connectivity index (χ0) is 27.6. The van der Waals surface area contributed by atoms with Crippen LogP contribution in [-0.4, -0.2) is 17.7 Å². The van der Waals surface area contributed by atoms with Crippen molar-refractivity contribution in [1.29, 1.82) is 0 Å². The summed E-state index contributed by atoms with van der Waals surface area (Å²) in [5.74, 6) is 0.904. The lowest BCUT2D eigenvalue weighted by molar-refractivity contribution is -0.137. The third-order valence-electron chi connectivity index (χ3n) is 8.40. The highest BCUT2D eigenvalue weighted by Crippen LogP contribution is 2.51. The largest absolute Gasteiger partial charge is 0.489 e. The highest BCUT2D eigenvalue weighted by molar-refractivity contribution is 5.70. The molecule has 3 aromatic rings. The number of carbonyl (C=O) groups is 1. The van der Waals surface area contributed by atoms with Gasteiger partial charge in [-0.3, -0.25) is 4.79 Å². The molecule has 6 heteroatoms. The number of aliphatic carboxylic acids is 1. The van der Waals surface area contributed by atoms with Crippen LogP contribution in [-0.2, 0) is 11.4 Å². The Morgan fingerprint density at radius 1 is 1.00 bits per heavy atom. The van der Waals surface area contributed by atoms with E-state index in [0.717, 1.165) is 60.1 Å². The van der Waals surface area contributed by atoms with Crippen molar-refractivity contribution in [1.82, 2.24) is 0 Å².